The Kier molecular flexibility index (Phi) is 3.63. The van der Waals surface area contributed by atoms with Gasteiger partial charge in [-0.3, -0.25) is 4.79 Å². The Labute approximate surface area is 116 Å². The molecular weight excluding hydrogens is 297 g/mol. The van der Waals surface area contributed by atoms with Gasteiger partial charge in [0.2, 0.25) is 0 Å². The lowest BCUT2D eigenvalue weighted by molar-refractivity contribution is -0.186. The second kappa shape index (κ2) is 4.97. The second-order valence-corrected chi connectivity index (χ2v) is 5.35. The Bertz CT molecular complexity index is 568. The van der Waals surface area contributed by atoms with E-state index in [1.807, 2.05) is 0 Å². The molecule has 110 valence electrons. The number of rotatable bonds is 1. The van der Waals surface area contributed by atoms with Crippen molar-refractivity contribution in [1.82, 2.24) is 4.90 Å². The van der Waals surface area contributed by atoms with E-state index < -0.39 is 18.1 Å². The van der Waals surface area contributed by atoms with Crippen LogP contribution in [-0.4, -0.2) is 36.6 Å². The lowest BCUT2D eigenvalue weighted by Crippen LogP contribution is -2.43. The molecule has 1 aliphatic heterocycles. The molecule has 0 unspecified atom stereocenters. The largest absolute Gasteiger partial charge is 0.471 e. The molecule has 2 rings (SSSR count). The summed E-state index contributed by atoms with van der Waals surface area (Å²) in [6.45, 7) is -0.301. The minimum atomic E-state index is -4.90. The fourth-order valence-corrected chi connectivity index (χ4v) is 3.23. The van der Waals surface area contributed by atoms with E-state index >= 15 is 0 Å². The SMILES string of the molecule is COC(=O)c1c(N)sc2c1CCN(C(=O)C(F)(F)F)C2. The molecule has 1 aromatic rings. The highest BCUT2D eigenvalue weighted by atomic mass is 32.1. The minimum Gasteiger partial charge on any atom is -0.465 e. The van der Waals surface area contributed by atoms with Crippen molar-refractivity contribution in [3.05, 3.63) is 16.0 Å². The van der Waals surface area contributed by atoms with E-state index in [0.717, 1.165) is 11.3 Å². The van der Waals surface area contributed by atoms with Crippen molar-refractivity contribution >= 4 is 28.2 Å². The van der Waals surface area contributed by atoms with E-state index in [9.17, 15) is 22.8 Å². The van der Waals surface area contributed by atoms with E-state index in [1.165, 1.54) is 7.11 Å². The number of nitrogens with zero attached hydrogens (tertiary/aromatic N) is 1. The quantitative estimate of drug-likeness (QED) is 0.799. The van der Waals surface area contributed by atoms with Crippen LogP contribution in [0.1, 0.15) is 20.8 Å². The molecule has 1 amide bonds. The van der Waals surface area contributed by atoms with Crippen LogP contribution in [0.15, 0.2) is 0 Å². The normalized spacial score (nSPS) is 14.9. The van der Waals surface area contributed by atoms with Crippen molar-refractivity contribution in [2.24, 2.45) is 0 Å². The van der Waals surface area contributed by atoms with Crippen LogP contribution in [0.4, 0.5) is 18.2 Å². The molecule has 0 spiro atoms. The molecule has 1 aliphatic rings. The number of amides is 1. The van der Waals surface area contributed by atoms with E-state index in [0.29, 0.717) is 15.3 Å². The van der Waals surface area contributed by atoms with Gasteiger partial charge in [-0.15, -0.1) is 11.3 Å². The first kappa shape index (κ1) is 14.6. The summed E-state index contributed by atoms with van der Waals surface area (Å²) in [6, 6.07) is 0. The number of halogens is 3. The molecule has 20 heavy (non-hydrogen) atoms. The fourth-order valence-electron chi connectivity index (χ4n) is 2.10. The maximum atomic E-state index is 12.4. The van der Waals surface area contributed by atoms with Crippen molar-refractivity contribution in [2.75, 3.05) is 19.4 Å². The van der Waals surface area contributed by atoms with E-state index in [-0.39, 0.29) is 30.1 Å². The molecule has 0 aromatic carbocycles. The van der Waals surface area contributed by atoms with E-state index in [4.69, 9.17) is 5.73 Å². The Balaban J connectivity index is 2.29. The lowest BCUT2D eigenvalue weighted by atomic mass is 10.0. The third-order valence-electron chi connectivity index (χ3n) is 3.00. The highest BCUT2D eigenvalue weighted by Crippen LogP contribution is 2.36. The van der Waals surface area contributed by atoms with Gasteiger partial charge in [0.15, 0.2) is 0 Å². The molecule has 5 nitrogen and oxygen atoms in total. The molecule has 2 N–H and O–H groups in total. The van der Waals surface area contributed by atoms with Gasteiger partial charge in [-0.1, -0.05) is 0 Å². The molecule has 0 saturated heterocycles. The van der Waals surface area contributed by atoms with E-state index in [2.05, 4.69) is 4.74 Å². The number of nitrogen functional groups attached to an aromatic ring is 1. The average molecular weight is 308 g/mol. The van der Waals surface area contributed by atoms with Crippen LogP contribution in [-0.2, 0) is 22.5 Å². The Morgan fingerprint density at radius 3 is 2.60 bits per heavy atom. The monoisotopic (exact) mass is 308 g/mol. The standard InChI is InChI=1S/C11H11F3N2O3S/c1-19-9(17)7-5-2-3-16(10(18)11(12,13)14)4-6(5)20-8(7)15/h2-4,15H2,1H3. The second-order valence-electron chi connectivity index (χ2n) is 4.21. The predicted molar refractivity (Wildman–Crippen MR) is 65.2 cm³/mol. The van der Waals surface area contributed by atoms with Crippen molar-refractivity contribution in [1.29, 1.82) is 0 Å². The van der Waals surface area contributed by atoms with Crippen molar-refractivity contribution in [3.63, 3.8) is 0 Å². The number of carbonyl (C=O) groups excluding carboxylic acids is 2. The van der Waals surface area contributed by atoms with Crippen LogP contribution in [0.3, 0.4) is 0 Å². The number of hydrogen-bond acceptors (Lipinski definition) is 5. The molecule has 0 radical (unpaired) electrons. The zero-order valence-electron chi connectivity index (χ0n) is 10.4. The van der Waals surface area contributed by atoms with Crippen molar-refractivity contribution in [3.8, 4) is 0 Å². The molecule has 9 heteroatoms. The number of esters is 1. The zero-order valence-corrected chi connectivity index (χ0v) is 11.2. The van der Waals surface area contributed by atoms with Gasteiger partial charge in [0, 0.05) is 11.4 Å². The summed E-state index contributed by atoms with van der Waals surface area (Å²) in [7, 11) is 1.20. The molecule has 0 aliphatic carbocycles. The molecule has 2 heterocycles. The van der Waals surface area contributed by atoms with Crippen LogP contribution < -0.4 is 5.73 Å². The van der Waals surface area contributed by atoms with Gasteiger partial charge in [0.25, 0.3) is 0 Å². The van der Waals surface area contributed by atoms with Gasteiger partial charge in [0.1, 0.15) is 5.00 Å². The average Bonchev–Trinajstić information content (AvgIpc) is 2.70. The number of alkyl halides is 3. The highest BCUT2D eigenvalue weighted by molar-refractivity contribution is 7.16. The first-order valence-electron chi connectivity index (χ1n) is 5.60. The summed E-state index contributed by atoms with van der Waals surface area (Å²) in [5, 5.41) is 0.197. The first-order valence-corrected chi connectivity index (χ1v) is 6.41. The summed E-state index contributed by atoms with van der Waals surface area (Å²) in [5.41, 5.74) is 6.47. The minimum absolute atomic E-state index is 0.106. The summed E-state index contributed by atoms with van der Waals surface area (Å²) in [4.78, 5) is 24.0. The first-order chi connectivity index (χ1) is 9.25. The number of carbonyl (C=O) groups is 2. The smallest absolute Gasteiger partial charge is 0.465 e. The fraction of sp³-hybridized carbons (Fsp3) is 0.455. The summed E-state index contributed by atoms with van der Waals surface area (Å²) >= 11 is 1.01. The van der Waals surface area contributed by atoms with Crippen molar-refractivity contribution in [2.45, 2.75) is 19.1 Å². The van der Waals surface area contributed by atoms with Crippen LogP contribution >= 0.6 is 11.3 Å². The maximum Gasteiger partial charge on any atom is 0.471 e. The summed E-state index contributed by atoms with van der Waals surface area (Å²) in [5.74, 6) is -2.50. The van der Waals surface area contributed by atoms with Gasteiger partial charge in [0.05, 0.1) is 19.2 Å². The number of ether oxygens (including phenoxy) is 1. The predicted octanol–water partition coefficient (Wildman–Crippen LogP) is 1.56. The number of nitrogens with two attached hydrogens (primary N) is 1. The third kappa shape index (κ3) is 2.45. The number of anilines is 1. The number of hydrogen-bond donors (Lipinski definition) is 1. The topological polar surface area (TPSA) is 72.6 Å². The number of thiophene rings is 1. The molecule has 0 saturated carbocycles. The Morgan fingerprint density at radius 1 is 1.40 bits per heavy atom. The number of fused-ring (bicyclic) bond motifs is 1. The van der Waals surface area contributed by atoms with Gasteiger partial charge in [-0.25, -0.2) is 4.79 Å². The van der Waals surface area contributed by atoms with Crippen LogP contribution in [0.25, 0.3) is 0 Å². The molecule has 1 aromatic heterocycles. The number of methoxy groups -OCH3 is 1. The Morgan fingerprint density at radius 2 is 2.05 bits per heavy atom. The summed E-state index contributed by atoms with van der Waals surface area (Å²) < 4.78 is 41.8. The highest BCUT2D eigenvalue weighted by Gasteiger charge is 2.43. The molecule has 0 fully saturated rings. The van der Waals surface area contributed by atoms with Crippen LogP contribution in [0, 0.1) is 0 Å². The third-order valence-corrected chi connectivity index (χ3v) is 4.05. The van der Waals surface area contributed by atoms with E-state index in [1.54, 1.807) is 0 Å². The van der Waals surface area contributed by atoms with Gasteiger partial charge < -0.3 is 15.4 Å². The zero-order chi connectivity index (χ0) is 15.1. The van der Waals surface area contributed by atoms with Gasteiger partial charge in [-0.2, -0.15) is 13.2 Å². The van der Waals surface area contributed by atoms with Crippen molar-refractivity contribution < 1.29 is 27.5 Å². The molecule has 0 bridgehead atoms. The van der Waals surface area contributed by atoms with Crippen LogP contribution in [0.5, 0.6) is 0 Å². The Hall–Kier alpha value is -1.77. The maximum absolute atomic E-state index is 12.4. The molecule has 0 atom stereocenters. The van der Waals surface area contributed by atoms with Crippen LogP contribution in [0.2, 0.25) is 0 Å². The molecular formula is C11H11F3N2O3S. The van der Waals surface area contributed by atoms with Gasteiger partial charge in [-0.05, 0) is 12.0 Å². The van der Waals surface area contributed by atoms with Gasteiger partial charge >= 0.3 is 18.1 Å². The summed E-state index contributed by atoms with van der Waals surface area (Å²) in [6.07, 6.45) is -4.75. The lowest BCUT2D eigenvalue weighted by Gasteiger charge is -2.27.